The molecule has 21 heavy (non-hydrogen) atoms. The molecule has 0 radical (unpaired) electrons. The van der Waals surface area contributed by atoms with E-state index in [2.05, 4.69) is 0 Å². The van der Waals surface area contributed by atoms with E-state index in [-0.39, 0.29) is 4.90 Å². The lowest BCUT2D eigenvalue weighted by molar-refractivity contribution is -0.140. The monoisotopic (exact) mass is 310 g/mol. The van der Waals surface area contributed by atoms with Gasteiger partial charge in [-0.05, 0) is 19.9 Å². The number of likely N-dealkylation sites (N-methyl/N-ethyl adjacent to an activating group) is 1. The van der Waals surface area contributed by atoms with Crippen LogP contribution in [-0.4, -0.2) is 41.5 Å². The number of nitrogens with zero attached hydrogens (tertiary/aromatic N) is 2. The summed E-state index contributed by atoms with van der Waals surface area (Å²) in [6.07, 6.45) is 0. The molecule has 1 heterocycles. The van der Waals surface area contributed by atoms with Crippen molar-refractivity contribution in [2.45, 2.75) is 24.8 Å². The summed E-state index contributed by atoms with van der Waals surface area (Å²) >= 11 is 0. The highest BCUT2D eigenvalue weighted by molar-refractivity contribution is 7.89. The van der Waals surface area contributed by atoms with Gasteiger partial charge >= 0.3 is 5.97 Å². The second-order valence-corrected chi connectivity index (χ2v) is 6.96. The summed E-state index contributed by atoms with van der Waals surface area (Å²) in [5.41, 5.74) is 1.38. The minimum Gasteiger partial charge on any atom is -0.480 e. The maximum Gasteiger partial charge on any atom is 0.321 e. The Kier molecular flexibility index (Phi) is 3.81. The molecule has 2 aromatic rings. The van der Waals surface area contributed by atoms with Crippen LogP contribution in [0.1, 0.15) is 12.6 Å². The molecular formula is C14H18N2O4S. The molecule has 0 saturated heterocycles. The fourth-order valence-corrected chi connectivity index (χ4v) is 4.07. The van der Waals surface area contributed by atoms with Gasteiger partial charge in [0.1, 0.15) is 10.9 Å². The van der Waals surface area contributed by atoms with E-state index < -0.39 is 22.0 Å². The SMILES string of the molecule is Cc1c(S(=O)(=O)N(C)C(C)C(=O)O)c2ccccc2n1C. The van der Waals surface area contributed by atoms with Crippen molar-refractivity contribution >= 4 is 26.9 Å². The third-order valence-corrected chi connectivity index (χ3v) is 5.99. The lowest BCUT2D eigenvalue weighted by Gasteiger charge is -2.21. The smallest absolute Gasteiger partial charge is 0.321 e. The van der Waals surface area contributed by atoms with Crippen molar-refractivity contribution in [3.05, 3.63) is 30.0 Å². The average molecular weight is 310 g/mol. The summed E-state index contributed by atoms with van der Waals surface area (Å²) in [4.78, 5) is 11.2. The Balaban J connectivity index is 2.72. The molecule has 7 heteroatoms. The van der Waals surface area contributed by atoms with Crippen molar-refractivity contribution in [1.29, 1.82) is 0 Å². The molecule has 0 saturated carbocycles. The van der Waals surface area contributed by atoms with Crippen LogP contribution in [-0.2, 0) is 21.9 Å². The van der Waals surface area contributed by atoms with Crippen molar-refractivity contribution < 1.29 is 18.3 Å². The van der Waals surface area contributed by atoms with Gasteiger partial charge in [-0.15, -0.1) is 0 Å². The van der Waals surface area contributed by atoms with E-state index in [0.29, 0.717) is 11.1 Å². The van der Waals surface area contributed by atoms with E-state index in [9.17, 15) is 13.2 Å². The minimum absolute atomic E-state index is 0.163. The lowest BCUT2D eigenvalue weighted by atomic mass is 10.2. The molecule has 0 spiro atoms. The zero-order chi connectivity index (χ0) is 15.9. The van der Waals surface area contributed by atoms with Gasteiger partial charge in [0.05, 0.1) is 0 Å². The molecule has 6 nitrogen and oxygen atoms in total. The molecule has 1 aromatic carbocycles. The second kappa shape index (κ2) is 5.16. The van der Waals surface area contributed by atoms with Gasteiger partial charge < -0.3 is 9.67 Å². The standard InChI is InChI=1S/C14H18N2O4S/c1-9-13(11-7-5-6-8-12(11)15(9)3)21(19,20)16(4)10(2)14(17)18/h5-8,10H,1-4H3,(H,17,18). The van der Waals surface area contributed by atoms with Crippen LogP contribution in [0.2, 0.25) is 0 Å². The van der Waals surface area contributed by atoms with Gasteiger partial charge in [0.2, 0.25) is 10.0 Å². The summed E-state index contributed by atoms with van der Waals surface area (Å²) in [5.74, 6) is -1.18. The van der Waals surface area contributed by atoms with Crippen LogP contribution in [0.3, 0.4) is 0 Å². The number of aryl methyl sites for hydroxylation is 1. The molecule has 1 aromatic heterocycles. The van der Waals surface area contributed by atoms with Gasteiger partial charge in [0.25, 0.3) is 0 Å². The summed E-state index contributed by atoms with van der Waals surface area (Å²) in [5, 5.41) is 9.64. The number of hydrogen-bond acceptors (Lipinski definition) is 3. The first kappa shape index (κ1) is 15.5. The topological polar surface area (TPSA) is 79.6 Å². The van der Waals surface area contributed by atoms with Crippen LogP contribution in [0.5, 0.6) is 0 Å². The van der Waals surface area contributed by atoms with Crippen LogP contribution < -0.4 is 0 Å². The van der Waals surface area contributed by atoms with Crippen LogP contribution in [0, 0.1) is 6.92 Å². The number of fused-ring (bicyclic) bond motifs is 1. The fraction of sp³-hybridized carbons (Fsp3) is 0.357. The zero-order valence-electron chi connectivity index (χ0n) is 12.4. The van der Waals surface area contributed by atoms with Crippen LogP contribution in [0.15, 0.2) is 29.2 Å². The first-order chi connectivity index (χ1) is 9.69. The molecule has 0 aliphatic rings. The third kappa shape index (κ3) is 2.32. The Morgan fingerprint density at radius 1 is 1.33 bits per heavy atom. The number of para-hydroxylation sites is 1. The van der Waals surface area contributed by atoms with Gasteiger partial charge in [0.15, 0.2) is 0 Å². The Hall–Kier alpha value is -1.86. The van der Waals surface area contributed by atoms with E-state index in [1.54, 1.807) is 30.7 Å². The van der Waals surface area contributed by atoms with E-state index in [0.717, 1.165) is 9.82 Å². The maximum atomic E-state index is 12.8. The summed E-state index contributed by atoms with van der Waals surface area (Å²) in [6, 6.07) is 6.04. The Bertz CT molecular complexity index is 808. The minimum atomic E-state index is -3.89. The van der Waals surface area contributed by atoms with E-state index in [1.807, 2.05) is 12.1 Å². The zero-order valence-corrected chi connectivity index (χ0v) is 13.2. The number of carboxylic acid groups (broad SMARTS) is 1. The average Bonchev–Trinajstić information content (AvgIpc) is 2.70. The summed E-state index contributed by atoms with van der Waals surface area (Å²) in [7, 11) is -0.812. The van der Waals surface area contributed by atoms with Gasteiger partial charge in [-0.3, -0.25) is 4.79 Å². The molecule has 0 fully saturated rings. The molecule has 1 unspecified atom stereocenters. The van der Waals surface area contributed by atoms with Crippen LogP contribution in [0.4, 0.5) is 0 Å². The Morgan fingerprint density at radius 2 is 1.90 bits per heavy atom. The number of sulfonamides is 1. The number of benzene rings is 1. The molecule has 1 N–H and O–H groups in total. The highest BCUT2D eigenvalue weighted by Gasteiger charge is 2.33. The largest absolute Gasteiger partial charge is 0.480 e. The van der Waals surface area contributed by atoms with Gasteiger partial charge in [-0.1, -0.05) is 18.2 Å². The summed E-state index contributed by atoms with van der Waals surface area (Å²) in [6.45, 7) is 3.06. The van der Waals surface area contributed by atoms with Crippen molar-refractivity contribution in [1.82, 2.24) is 8.87 Å². The van der Waals surface area contributed by atoms with E-state index >= 15 is 0 Å². The molecular weight excluding hydrogens is 292 g/mol. The van der Waals surface area contributed by atoms with Crippen molar-refractivity contribution in [2.75, 3.05) is 7.05 Å². The first-order valence-corrected chi connectivity index (χ1v) is 7.88. The highest BCUT2D eigenvalue weighted by Crippen LogP contribution is 2.31. The van der Waals surface area contributed by atoms with Crippen molar-refractivity contribution in [3.8, 4) is 0 Å². The number of carboxylic acids is 1. The molecule has 2 rings (SSSR count). The van der Waals surface area contributed by atoms with Gasteiger partial charge in [-0.2, -0.15) is 4.31 Å². The number of aliphatic carboxylic acids is 1. The summed E-state index contributed by atoms with van der Waals surface area (Å²) < 4.78 is 28.2. The quantitative estimate of drug-likeness (QED) is 0.930. The lowest BCUT2D eigenvalue weighted by Crippen LogP contribution is -2.40. The van der Waals surface area contributed by atoms with E-state index in [4.69, 9.17) is 5.11 Å². The number of rotatable bonds is 4. The molecule has 0 aliphatic heterocycles. The predicted octanol–water partition coefficient (Wildman–Crippen LogP) is 1.58. The number of hydrogen-bond donors (Lipinski definition) is 1. The van der Waals surface area contributed by atoms with Crippen molar-refractivity contribution in [2.24, 2.45) is 7.05 Å². The number of carbonyl (C=O) groups is 1. The maximum absolute atomic E-state index is 12.8. The van der Waals surface area contributed by atoms with Gasteiger partial charge in [-0.25, -0.2) is 8.42 Å². The van der Waals surface area contributed by atoms with E-state index in [1.165, 1.54) is 14.0 Å². The number of aromatic nitrogens is 1. The molecule has 0 aliphatic carbocycles. The Morgan fingerprint density at radius 3 is 2.48 bits per heavy atom. The highest BCUT2D eigenvalue weighted by atomic mass is 32.2. The van der Waals surface area contributed by atoms with Crippen LogP contribution in [0.25, 0.3) is 10.9 Å². The molecule has 1 atom stereocenters. The van der Waals surface area contributed by atoms with Gasteiger partial charge in [0, 0.05) is 30.7 Å². The molecule has 0 bridgehead atoms. The Labute approximate surface area is 123 Å². The second-order valence-electron chi connectivity index (χ2n) is 5.03. The normalized spacial score (nSPS) is 13.8. The predicted molar refractivity (Wildman–Crippen MR) is 79.7 cm³/mol. The third-order valence-electron chi connectivity index (χ3n) is 3.88. The van der Waals surface area contributed by atoms with Crippen LogP contribution >= 0.6 is 0 Å². The van der Waals surface area contributed by atoms with Crippen molar-refractivity contribution in [3.63, 3.8) is 0 Å². The molecule has 114 valence electrons. The first-order valence-electron chi connectivity index (χ1n) is 6.44. The molecule has 0 amide bonds. The fourth-order valence-electron chi connectivity index (χ4n) is 2.32.